The maximum atomic E-state index is 6.02. The Kier molecular flexibility index (Phi) is 6.18. The maximum absolute atomic E-state index is 6.02. The van der Waals surface area contributed by atoms with Crippen LogP contribution in [-0.4, -0.2) is 7.05 Å². The monoisotopic (exact) mass is 347 g/mol. The Hall–Kier alpha value is -0.240. The van der Waals surface area contributed by atoms with E-state index in [0.717, 1.165) is 17.9 Å². The summed E-state index contributed by atoms with van der Waals surface area (Å²) in [6, 6.07) is 6.33. The Labute approximate surface area is 116 Å². The first kappa shape index (κ1) is 13.8. The molecule has 0 aliphatic heterocycles. The van der Waals surface area contributed by atoms with Gasteiger partial charge in [0.1, 0.15) is 0 Å². The molecule has 1 rings (SSSR count). The second-order valence-electron chi connectivity index (χ2n) is 3.47. The zero-order valence-electron chi connectivity index (χ0n) is 9.48. The molecule has 0 heterocycles. The Balaban J connectivity index is 2.84. The second-order valence-corrected chi connectivity index (χ2v) is 5.07. The minimum atomic E-state index is 0.325. The molecular formula is C13H15ClIN. The lowest BCUT2D eigenvalue weighted by molar-refractivity contribution is 0.556. The summed E-state index contributed by atoms with van der Waals surface area (Å²) >= 11 is 8.36. The molecule has 0 spiro atoms. The number of halogens is 2. The van der Waals surface area contributed by atoms with E-state index in [9.17, 15) is 0 Å². The zero-order chi connectivity index (χ0) is 12.0. The Bertz CT molecular complexity index is 406. The molecule has 0 bridgehead atoms. The van der Waals surface area contributed by atoms with Crippen LogP contribution in [0.4, 0.5) is 0 Å². The quantitative estimate of drug-likeness (QED) is 0.641. The summed E-state index contributed by atoms with van der Waals surface area (Å²) in [7, 11) is 1.97. The third kappa shape index (κ3) is 3.97. The molecule has 1 nitrogen and oxygen atoms in total. The Morgan fingerprint density at radius 1 is 1.50 bits per heavy atom. The van der Waals surface area contributed by atoms with Crippen LogP contribution in [-0.2, 0) is 0 Å². The number of hydrogen-bond acceptors (Lipinski definition) is 1. The molecule has 0 saturated heterocycles. The van der Waals surface area contributed by atoms with E-state index in [2.05, 4.69) is 39.7 Å². The maximum Gasteiger partial charge on any atom is 0.0410 e. The van der Waals surface area contributed by atoms with Crippen LogP contribution in [0.3, 0.4) is 0 Å². The molecule has 3 heteroatoms. The molecule has 1 aromatic rings. The molecule has 0 saturated carbocycles. The van der Waals surface area contributed by atoms with Crippen molar-refractivity contribution < 1.29 is 0 Å². The normalized spacial score (nSPS) is 11.8. The van der Waals surface area contributed by atoms with Crippen molar-refractivity contribution in [2.75, 3.05) is 7.05 Å². The van der Waals surface area contributed by atoms with Crippen LogP contribution in [0.1, 0.15) is 31.4 Å². The molecule has 0 aliphatic carbocycles. The van der Waals surface area contributed by atoms with E-state index in [1.807, 2.05) is 32.2 Å². The fourth-order valence-electron chi connectivity index (χ4n) is 1.58. The van der Waals surface area contributed by atoms with Gasteiger partial charge in [0.2, 0.25) is 0 Å². The fourth-order valence-corrected chi connectivity index (χ4v) is 2.47. The van der Waals surface area contributed by atoms with Crippen LogP contribution < -0.4 is 5.32 Å². The van der Waals surface area contributed by atoms with Crippen molar-refractivity contribution in [3.63, 3.8) is 0 Å². The topological polar surface area (TPSA) is 12.0 Å². The van der Waals surface area contributed by atoms with Crippen LogP contribution in [0.5, 0.6) is 0 Å². The van der Waals surface area contributed by atoms with Crippen molar-refractivity contribution in [3.8, 4) is 11.8 Å². The van der Waals surface area contributed by atoms with Gasteiger partial charge in [0, 0.05) is 21.1 Å². The molecule has 1 unspecified atom stereocenters. The smallest absolute Gasteiger partial charge is 0.0410 e. The minimum absolute atomic E-state index is 0.325. The van der Waals surface area contributed by atoms with Gasteiger partial charge >= 0.3 is 0 Å². The van der Waals surface area contributed by atoms with Crippen LogP contribution in [0.2, 0.25) is 5.02 Å². The lowest BCUT2D eigenvalue weighted by Gasteiger charge is -2.17. The summed E-state index contributed by atoms with van der Waals surface area (Å²) in [4.78, 5) is 0. The lowest BCUT2D eigenvalue weighted by atomic mass is 10.0. The molecule has 0 aliphatic rings. The van der Waals surface area contributed by atoms with Crippen LogP contribution >= 0.6 is 34.2 Å². The van der Waals surface area contributed by atoms with E-state index in [1.54, 1.807) is 0 Å². The molecule has 16 heavy (non-hydrogen) atoms. The highest BCUT2D eigenvalue weighted by Gasteiger charge is 2.12. The predicted molar refractivity (Wildman–Crippen MR) is 78.7 cm³/mol. The fraction of sp³-hybridized carbons (Fsp3) is 0.385. The molecule has 0 aromatic heterocycles. The van der Waals surface area contributed by atoms with Gasteiger partial charge in [-0.1, -0.05) is 11.6 Å². The molecule has 0 fully saturated rings. The first-order valence-electron chi connectivity index (χ1n) is 5.21. The van der Waals surface area contributed by atoms with E-state index in [0.29, 0.717) is 6.04 Å². The van der Waals surface area contributed by atoms with E-state index in [1.165, 1.54) is 9.13 Å². The number of nitrogens with one attached hydrogen (secondary N) is 1. The van der Waals surface area contributed by atoms with Gasteiger partial charge in [0.25, 0.3) is 0 Å². The number of benzene rings is 1. The average Bonchev–Trinajstić information content (AvgIpc) is 2.28. The molecule has 0 amide bonds. The summed E-state index contributed by atoms with van der Waals surface area (Å²) < 4.78 is 1.24. The number of rotatable bonds is 4. The van der Waals surface area contributed by atoms with E-state index in [4.69, 9.17) is 11.6 Å². The van der Waals surface area contributed by atoms with Gasteiger partial charge in [-0.05, 0) is 66.7 Å². The molecular weight excluding hydrogens is 333 g/mol. The molecule has 1 aromatic carbocycles. The summed E-state index contributed by atoms with van der Waals surface area (Å²) in [5.41, 5.74) is 1.26. The molecule has 1 atom stereocenters. The van der Waals surface area contributed by atoms with Crippen LogP contribution in [0.25, 0.3) is 0 Å². The first-order chi connectivity index (χ1) is 7.69. The summed E-state index contributed by atoms with van der Waals surface area (Å²) in [5, 5.41) is 4.10. The summed E-state index contributed by atoms with van der Waals surface area (Å²) in [6.07, 6.45) is 1.91. The van der Waals surface area contributed by atoms with Crippen LogP contribution in [0.15, 0.2) is 18.2 Å². The van der Waals surface area contributed by atoms with E-state index in [-0.39, 0.29) is 0 Å². The van der Waals surface area contributed by atoms with Gasteiger partial charge in [-0.2, -0.15) is 0 Å². The second kappa shape index (κ2) is 7.16. The van der Waals surface area contributed by atoms with E-state index >= 15 is 0 Å². The van der Waals surface area contributed by atoms with Gasteiger partial charge in [0.15, 0.2) is 0 Å². The molecule has 86 valence electrons. The third-order valence-corrected chi connectivity index (χ3v) is 3.63. The predicted octanol–water partition coefficient (Wildman–Crippen LogP) is 4.01. The van der Waals surface area contributed by atoms with Gasteiger partial charge in [-0.25, -0.2) is 0 Å². The highest BCUT2D eigenvalue weighted by molar-refractivity contribution is 14.1. The molecule has 0 radical (unpaired) electrons. The summed E-state index contributed by atoms with van der Waals surface area (Å²) in [6.45, 7) is 1.87. The zero-order valence-corrected chi connectivity index (χ0v) is 12.4. The van der Waals surface area contributed by atoms with Crippen molar-refractivity contribution in [3.05, 3.63) is 32.4 Å². The first-order valence-corrected chi connectivity index (χ1v) is 6.66. The van der Waals surface area contributed by atoms with Crippen molar-refractivity contribution in [1.82, 2.24) is 5.32 Å². The number of hydrogen-bond donors (Lipinski definition) is 1. The highest BCUT2D eigenvalue weighted by Crippen LogP contribution is 2.26. The highest BCUT2D eigenvalue weighted by atomic mass is 127. The van der Waals surface area contributed by atoms with Crippen molar-refractivity contribution in [2.45, 2.75) is 25.8 Å². The van der Waals surface area contributed by atoms with Gasteiger partial charge < -0.3 is 5.32 Å². The lowest BCUT2D eigenvalue weighted by Crippen LogP contribution is -2.17. The van der Waals surface area contributed by atoms with Gasteiger partial charge in [0.05, 0.1) is 0 Å². The van der Waals surface area contributed by atoms with E-state index < -0.39 is 0 Å². The van der Waals surface area contributed by atoms with Crippen LogP contribution in [0, 0.1) is 15.4 Å². The summed E-state index contributed by atoms with van der Waals surface area (Å²) in [5.74, 6) is 6.01. The van der Waals surface area contributed by atoms with Crippen molar-refractivity contribution in [1.29, 1.82) is 0 Å². The Morgan fingerprint density at radius 2 is 2.25 bits per heavy atom. The molecule has 1 N–H and O–H groups in total. The standard InChI is InChI=1S/C13H15ClIN/c1-3-4-5-6-13(16-2)11-9-10(14)7-8-12(11)15/h7-9,13,16H,5-6H2,1-2H3. The van der Waals surface area contributed by atoms with Gasteiger partial charge in [-0.3, -0.25) is 0 Å². The minimum Gasteiger partial charge on any atom is -0.313 e. The Morgan fingerprint density at radius 3 is 2.88 bits per heavy atom. The van der Waals surface area contributed by atoms with Crippen molar-refractivity contribution >= 4 is 34.2 Å². The average molecular weight is 348 g/mol. The third-order valence-electron chi connectivity index (χ3n) is 2.42. The van der Waals surface area contributed by atoms with Gasteiger partial charge in [-0.15, -0.1) is 11.8 Å². The SMILES string of the molecule is CC#CCCC(NC)c1cc(Cl)ccc1I. The largest absolute Gasteiger partial charge is 0.313 e. The van der Waals surface area contributed by atoms with Crippen molar-refractivity contribution in [2.24, 2.45) is 0 Å².